The molecule has 0 bridgehead atoms. The first-order valence-electron chi connectivity index (χ1n) is 7.68. The van der Waals surface area contributed by atoms with Gasteiger partial charge in [0.05, 0.1) is 11.4 Å². The Hall–Kier alpha value is -2.71. The van der Waals surface area contributed by atoms with Crippen molar-refractivity contribution in [1.82, 2.24) is 4.98 Å². The van der Waals surface area contributed by atoms with E-state index in [9.17, 15) is 9.59 Å². The molecule has 0 unspecified atom stereocenters. The molecule has 4 rings (SSSR count). The monoisotopic (exact) mass is 429 g/mol. The van der Waals surface area contributed by atoms with Crippen molar-refractivity contribution < 1.29 is 14.3 Å². The number of fused-ring (bicyclic) bond motifs is 1. The fraction of sp³-hybridized carbons (Fsp3) is 0.0556. The highest BCUT2D eigenvalue weighted by atomic mass is 79.9. The lowest BCUT2D eigenvalue weighted by Crippen LogP contribution is -2.25. The van der Waals surface area contributed by atoms with Crippen molar-refractivity contribution in [2.45, 2.75) is 0 Å². The molecule has 2 amide bonds. The predicted octanol–water partition coefficient (Wildman–Crippen LogP) is 4.16. The summed E-state index contributed by atoms with van der Waals surface area (Å²) < 4.78 is 6.26. The van der Waals surface area contributed by atoms with Gasteiger partial charge in [-0.1, -0.05) is 28.1 Å². The molecule has 2 N–H and O–H groups in total. The van der Waals surface area contributed by atoms with Crippen LogP contribution in [0.2, 0.25) is 0 Å². The van der Waals surface area contributed by atoms with Gasteiger partial charge in [0.25, 0.3) is 11.8 Å². The summed E-state index contributed by atoms with van der Waals surface area (Å²) in [5.41, 5.74) is 2.65. The van der Waals surface area contributed by atoms with Gasteiger partial charge in [0.2, 0.25) is 0 Å². The zero-order valence-electron chi connectivity index (χ0n) is 13.3. The number of carbonyl (C=O) groups is 2. The summed E-state index contributed by atoms with van der Waals surface area (Å²) >= 11 is 4.79. The topological polar surface area (TPSA) is 80.3 Å². The van der Waals surface area contributed by atoms with Crippen molar-refractivity contribution in [3.8, 4) is 17.0 Å². The third kappa shape index (κ3) is 3.47. The standard InChI is InChI=1S/C18H12BrN3O3S/c19-12-3-1-2-10(6-12)14-9-26-18(21-14)22-17(24)11-4-5-15-13(7-11)20-16(23)8-25-15/h1-7,9H,8H2,(H,20,23)(H,21,22,24). The van der Waals surface area contributed by atoms with Crippen LogP contribution in [0, 0.1) is 0 Å². The third-order valence-corrected chi connectivity index (χ3v) is 4.97. The number of amides is 2. The average Bonchev–Trinajstić information content (AvgIpc) is 3.09. The zero-order valence-corrected chi connectivity index (χ0v) is 15.7. The highest BCUT2D eigenvalue weighted by Crippen LogP contribution is 2.30. The molecule has 3 aromatic rings. The molecule has 26 heavy (non-hydrogen) atoms. The third-order valence-electron chi connectivity index (χ3n) is 3.72. The van der Waals surface area contributed by atoms with Gasteiger partial charge in [-0.05, 0) is 30.3 Å². The van der Waals surface area contributed by atoms with Gasteiger partial charge in [0.15, 0.2) is 11.7 Å². The predicted molar refractivity (Wildman–Crippen MR) is 104 cm³/mol. The van der Waals surface area contributed by atoms with Crippen LogP contribution >= 0.6 is 27.3 Å². The molecule has 0 spiro atoms. The smallest absolute Gasteiger partial charge is 0.262 e. The lowest BCUT2D eigenvalue weighted by atomic mass is 10.1. The average molecular weight is 430 g/mol. The number of carbonyl (C=O) groups excluding carboxylic acids is 2. The number of halogens is 1. The van der Waals surface area contributed by atoms with Gasteiger partial charge in [-0.2, -0.15) is 0 Å². The van der Waals surface area contributed by atoms with Crippen molar-refractivity contribution >= 4 is 49.9 Å². The number of nitrogens with zero attached hydrogens (tertiary/aromatic N) is 1. The summed E-state index contributed by atoms with van der Waals surface area (Å²) in [7, 11) is 0. The van der Waals surface area contributed by atoms with Gasteiger partial charge in [-0.25, -0.2) is 4.98 Å². The van der Waals surface area contributed by atoms with E-state index in [0.717, 1.165) is 15.7 Å². The maximum Gasteiger partial charge on any atom is 0.262 e. The van der Waals surface area contributed by atoms with E-state index < -0.39 is 0 Å². The molecule has 2 aromatic carbocycles. The normalized spacial score (nSPS) is 12.7. The van der Waals surface area contributed by atoms with Gasteiger partial charge in [-0.15, -0.1) is 11.3 Å². The number of aromatic nitrogens is 1. The molecule has 0 saturated carbocycles. The lowest BCUT2D eigenvalue weighted by molar-refractivity contribution is -0.118. The highest BCUT2D eigenvalue weighted by molar-refractivity contribution is 9.10. The number of hydrogen-bond donors (Lipinski definition) is 2. The van der Waals surface area contributed by atoms with Gasteiger partial charge < -0.3 is 10.1 Å². The SMILES string of the molecule is O=C1COc2ccc(C(=O)Nc3nc(-c4cccc(Br)c4)cs3)cc2N1. The Bertz CT molecular complexity index is 1020. The van der Waals surface area contributed by atoms with Gasteiger partial charge >= 0.3 is 0 Å². The van der Waals surface area contributed by atoms with Crippen molar-refractivity contribution in [3.63, 3.8) is 0 Å². The Morgan fingerprint density at radius 1 is 1.27 bits per heavy atom. The van der Waals surface area contributed by atoms with E-state index in [4.69, 9.17) is 4.74 Å². The second-order valence-corrected chi connectivity index (χ2v) is 7.32. The molecule has 6 nitrogen and oxygen atoms in total. The first-order valence-corrected chi connectivity index (χ1v) is 9.35. The lowest BCUT2D eigenvalue weighted by Gasteiger charge is -2.18. The first-order chi connectivity index (χ1) is 12.6. The minimum Gasteiger partial charge on any atom is -0.482 e. The van der Waals surface area contributed by atoms with Crippen molar-refractivity contribution in [3.05, 3.63) is 57.9 Å². The molecule has 1 aliphatic rings. The fourth-order valence-corrected chi connectivity index (χ4v) is 3.62. The van der Waals surface area contributed by atoms with Crippen molar-refractivity contribution in [1.29, 1.82) is 0 Å². The molecule has 8 heteroatoms. The number of rotatable bonds is 3. The summed E-state index contributed by atoms with van der Waals surface area (Å²) in [6.07, 6.45) is 0. The number of anilines is 2. The number of nitrogens with one attached hydrogen (secondary N) is 2. The van der Waals surface area contributed by atoms with E-state index in [-0.39, 0.29) is 18.4 Å². The molecule has 0 atom stereocenters. The van der Waals surface area contributed by atoms with Gasteiger partial charge in [0.1, 0.15) is 5.75 Å². The van der Waals surface area contributed by atoms with Crippen molar-refractivity contribution in [2.24, 2.45) is 0 Å². The number of ether oxygens (including phenoxy) is 1. The first kappa shape index (κ1) is 16.7. The molecule has 0 saturated heterocycles. The van der Waals surface area contributed by atoms with Crippen LogP contribution < -0.4 is 15.4 Å². The summed E-state index contributed by atoms with van der Waals surface area (Å²) in [6, 6.07) is 12.7. The van der Waals surface area contributed by atoms with Crippen LogP contribution in [-0.4, -0.2) is 23.4 Å². The second kappa shape index (κ2) is 6.89. The molecule has 1 aliphatic heterocycles. The second-order valence-electron chi connectivity index (χ2n) is 5.55. The zero-order chi connectivity index (χ0) is 18.1. The molecule has 1 aromatic heterocycles. The fourth-order valence-electron chi connectivity index (χ4n) is 2.51. The van der Waals surface area contributed by atoms with E-state index in [1.165, 1.54) is 11.3 Å². The summed E-state index contributed by atoms with van der Waals surface area (Å²) in [5.74, 6) is 0.00347. The number of hydrogen-bond acceptors (Lipinski definition) is 5. The van der Waals surface area contributed by atoms with E-state index in [0.29, 0.717) is 22.1 Å². The Balaban J connectivity index is 1.52. The molecule has 0 aliphatic carbocycles. The van der Waals surface area contributed by atoms with E-state index in [1.807, 2.05) is 29.6 Å². The maximum absolute atomic E-state index is 12.5. The van der Waals surface area contributed by atoms with Gasteiger partial charge in [0, 0.05) is 21.0 Å². The Labute approximate surface area is 161 Å². The Morgan fingerprint density at radius 2 is 2.15 bits per heavy atom. The van der Waals surface area contributed by atoms with Crippen LogP contribution in [0.1, 0.15) is 10.4 Å². The quantitative estimate of drug-likeness (QED) is 0.654. The number of thiazole rings is 1. The van der Waals surface area contributed by atoms with E-state index in [2.05, 4.69) is 31.5 Å². The molecule has 0 fully saturated rings. The molecule has 0 radical (unpaired) electrons. The van der Waals surface area contributed by atoms with Crippen LogP contribution in [0.3, 0.4) is 0 Å². The van der Waals surface area contributed by atoms with Gasteiger partial charge in [-0.3, -0.25) is 14.9 Å². The van der Waals surface area contributed by atoms with Crippen molar-refractivity contribution in [2.75, 3.05) is 17.2 Å². The van der Waals surface area contributed by atoms with Crippen LogP contribution in [0.4, 0.5) is 10.8 Å². The Kier molecular flexibility index (Phi) is 4.44. The minimum absolute atomic E-state index is 0.0178. The largest absolute Gasteiger partial charge is 0.482 e. The Morgan fingerprint density at radius 3 is 3.00 bits per heavy atom. The molecular weight excluding hydrogens is 418 g/mol. The molecular formula is C18H12BrN3O3S. The summed E-state index contributed by atoms with van der Waals surface area (Å²) in [4.78, 5) is 28.3. The molecule has 2 heterocycles. The van der Waals surface area contributed by atoms with E-state index >= 15 is 0 Å². The van der Waals surface area contributed by atoms with Crippen LogP contribution in [0.25, 0.3) is 11.3 Å². The highest BCUT2D eigenvalue weighted by Gasteiger charge is 2.18. The summed E-state index contributed by atoms with van der Waals surface area (Å²) in [6.45, 7) is -0.0178. The van der Waals surface area contributed by atoms with Crippen LogP contribution in [0.5, 0.6) is 5.75 Å². The summed E-state index contributed by atoms with van der Waals surface area (Å²) in [5, 5.41) is 7.86. The maximum atomic E-state index is 12.5. The number of benzene rings is 2. The van der Waals surface area contributed by atoms with Crippen LogP contribution in [0.15, 0.2) is 52.3 Å². The van der Waals surface area contributed by atoms with E-state index in [1.54, 1.807) is 18.2 Å². The van der Waals surface area contributed by atoms with Crippen LogP contribution in [-0.2, 0) is 4.79 Å². The molecule has 130 valence electrons. The minimum atomic E-state index is -0.303.